The molecule has 0 saturated heterocycles. The van der Waals surface area contributed by atoms with Gasteiger partial charge in [-0.1, -0.05) is 22.6 Å². The average molecular weight is 707 g/mol. The summed E-state index contributed by atoms with van der Waals surface area (Å²) in [5.74, 6) is -2.31. The predicted molar refractivity (Wildman–Crippen MR) is 160 cm³/mol. The van der Waals surface area contributed by atoms with Gasteiger partial charge in [-0.2, -0.15) is 12.6 Å². The van der Waals surface area contributed by atoms with Crippen molar-refractivity contribution in [3.05, 3.63) is 0 Å². The standard InChI is InChI=1S/C11H19N3O4S.C9H16N2O3S.C2H4INO/c1-6(15)11(14-8(3)17)9(4-13-7(2)16)19-5-10(12)18;1-5(12)9(11-7(3)14)8(15)4-10-6(2)13;3-1-2(4)5/h9,11H,4-5H2,1-3H3,(H2,12,18)(H,13,16)(H,14,17);8-9,15H,4H2,1-3H3,(H,10,13)(H,11,14);1H2,(H2,4,5). The van der Waals surface area contributed by atoms with E-state index in [9.17, 15) is 38.4 Å². The van der Waals surface area contributed by atoms with Crippen LogP contribution in [0.3, 0.4) is 0 Å². The number of thiol groups is 1. The minimum Gasteiger partial charge on any atom is -0.369 e. The van der Waals surface area contributed by atoms with Crippen molar-refractivity contribution in [2.75, 3.05) is 23.3 Å². The maximum atomic E-state index is 11.6. The second-order valence-corrected chi connectivity index (χ2v) is 10.6. The number of hydrogen-bond acceptors (Lipinski definition) is 10. The molecule has 0 aromatic rings. The van der Waals surface area contributed by atoms with E-state index in [0.717, 1.165) is 11.8 Å². The van der Waals surface area contributed by atoms with E-state index in [1.54, 1.807) is 0 Å². The van der Waals surface area contributed by atoms with Crippen LogP contribution >= 0.6 is 47.0 Å². The summed E-state index contributed by atoms with van der Waals surface area (Å²) >= 11 is 7.19. The molecule has 0 heterocycles. The molecular formula is C22H39IN6O8S2. The average Bonchev–Trinajstić information content (AvgIpc) is 2.79. The number of hydrogen-bond donors (Lipinski definition) is 7. The van der Waals surface area contributed by atoms with Crippen LogP contribution < -0.4 is 32.7 Å². The number of rotatable bonds is 14. The van der Waals surface area contributed by atoms with Crippen molar-refractivity contribution >= 4 is 94.0 Å². The molecule has 0 rings (SSSR count). The monoisotopic (exact) mass is 706 g/mol. The number of nitrogens with one attached hydrogen (secondary N) is 4. The third-order valence-corrected chi connectivity index (χ3v) is 6.58. The van der Waals surface area contributed by atoms with E-state index in [4.69, 9.17) is 5.73 Å². The van der Waals surface area contributed by atoms with Crippen LogP contribution in [0.25, 0.3) is 0 Å². The zero-order chi connectivity index (χ0) is 31.3. The van der Waals surface area contributed by atoms with E-state index in [0.29, 0.717) is 4.43 Å². The normalized spacial score (nSPS) is 12.7. The number of nitrogens with two attached hydrogens (primary N) is 2. The van der Waals surface area contributed by atoms with Gasteiger partial charge in [-0.05, 0) is 13.8 Å². The van der Waals surface area contributed by atoms with Crippen molar-refractivity contribution in [2.45, 2.75) is 64.1 Å². The Morgan fingerprint density at radius 1 is 0.692 bits per heavy atom. The number of ketones is 2. The summed E-state index contributed by atoms with van der Waals surface area (Å²) in [5, 5.41) is 9.23. The highest BCUT2D eigenvalue weighted by atomic mass is 127. The summed E-state index contributed by atoms with van der Waals surface area (Å²) in [6.45, 7) is 8.46. The zero-order valence-electron chi connectivity index (χ0n) is 22.8. The van der Waals surface area contributed by atoms with Gasteiger partial charge in [0, 0.05) is 51.3 Å². The van der Waals surface area contributed by atoms with E-state index in [2.05, 4.69) is 39.6 Å². The van der Waals surface area contributed by atoms with Gasteiger partial charge in [-0.3, -0.25) is 38.4 Å². The molecule has 0 aliphatic heterocycles. The molecule has 0 aliphatic rings. The summed E-state index contributed by atoms with van der Waals surface area (Å²) in [5.41, 5.74) is 9.70. The second kappa shape index (κ2) is 23.5. The third kappa shape index (κ3) is 27.0. The SMILES string of the molecule is CC(=O)NCC(S)C(NC(C)=O)C(C)=O.CC(=O)NCC(SCC(N)=O)C(NC(C)=O)C(C)=O.NC(=O)CI. The number of Topliss-reactive ketones (excluding diaryl/α,β-unsaturated/α-hetero) is 2. The van der Waals surface area contributed by atoms with Gasteiger partial charge in [0.2, 0.25) is 35.4 Å². The lowest BCUT2D eigenvalue weighted by Gasteiger charge is -2.25. The highest BCUT2D eigenvalue weighted by molar-refractivity contribution is 14.1. The van der Waals surface area contributed by atoms with Crippen molar-refractivity contribution in [2.24, 2.45) is 11.5 Å². The number of carbonyl (C=O) groups is 8. The van der Waals surface area contributed by atoms with Crippen molar-refractivity contribution in [1.82, 2.24) is 21.3 Å². The molecule has 8 N–H and O–H groups in total. The predicted octanol–water partition coefficient (Wildman–Crippen LogP) is -1.78. The lowest BCUT2D eigenvalue weighted by atomic mass is 10.1. The zero-order valence-corrected chi connectivity index (χ0v) is 26.7. The first-order valence-electron chi connectivity index (χ1n) is 11.3. The van der Waals surface area contributed by atoms with Crippen LogP contribution in [0.1, 0.15) is 41.5 Å². The lowest BCUT2D eigenvalue weighted by molar-refractivity contribution is -0.125. The minimum absolute atomic E-state index is 0.00756. The molecule has 14 nitrogen and oxygen atoms in total. The summed E-state index contributed by atoms with van der Waals surface area (Å²) in [4.78, 5) is 86.6. The van der Waals surface area contributed by atoms with Gasteiger partial charge in [-0.15, -0.1) is 11.8 Å². The van der Waals surface area contributed by atoms with Crippen LogP contribution in [0, 0.1) is 0 Å². The number of halogens is 1. The molecule has 0 aromatic heterocycles. The van der Waals surface area contributed by atoms with Gasteiger partial charge in [-0.25, -0.2) is 0 Å². The Hall–Kier alpha value is -2.41. The van der Waals surface area contributed by atoms with E-state index < -0.39 is 28.5 Å². The second-order valence-electron chi connectivity index (χ2n) is 7.93. The molecule has 0 fully saturated rings. The number of thioether (sulfide) groups is 1. The smallest absolute Gasteiger partial charge is 0.227 e. The minimum atomic E-state index is -0.770. The molecule has 224 valence electrons. The first-order chi connectivity index (χ1) is 17.8. The highest BCUT2D eigenvalue weighted by Crippen LogP contribution is 2.15. The van der Waals surface area contributed by atoms with Crippen molar-refractivity contribution < 1.29 is 38.4 Å². The van der Waals surface area contributed by atoms with E-state index in [1.165, 1.54) is 41.5 Å². The highest BCUT2D eigenvalue weighted by Gasteiger charge is 2.27. The number of amides is 6. The van der Waals surface area contributed by atoms with Crippen LogP contribution in [-0.4, -0.2) is 92.9 Å². The molecule has 0 spiro atoms. The molecule has 4 atom stereocenters. The summed E-state index contributed by atoms with van der Waals surface area (Å²) in [7, 11) is 0. The largest absolute Gasteiger partial charge is 0.369 e. The van der Waals surface area contributed by atoms with Gasteiger partial charge in [0.25, 0.3) is 0 Å². The first-order valence-corrected chi connectivity index (χ1v) is 14.4. The molecule has 0 saturated carbocycles. The molecule has 17 heteroatoms. The summed E-state index contributed by atoms with van der Waals surface area (Å²) < 4.78 is 0.414. The number of alkyl halides is 1. The summed E-state index contributed by atoms with van der Waals surface area (Å²) in [6, 6.07) is -1.44. The van der Waals surface area contributed by atoms with Crippen LogP contribution in [0.15, 0.2) is 0 Å². The quantitative estimate of drug-likeness (QED) is 0.0614. The number of primary amides is 2. The van der Waals surface area contributed by atoms with Crippen LogP contribution in [0.2, 0.25) is 0 Å². The van der Waals surface area contributed by atoms with Crippen molar-refractivity contribution in [3.8, 4) is 0 Å². The molecule has 39 heavy (non-hydrogen) atoms. The van der Waals surface area contributed by atoms with Gasteiger partial charge in [0.15, 0.2) is 11.6 Å². The third-order valence-electron chi connectivity index (χ3n) is 4.03. The Labute approximate surface area is 251 Å². The fourth-order valence-corrected chi connectivity index (χ4v) is 3.84. The molecule has 0 aromatic carbocycles. The van der Waals surface area contributed by atoms with Gasteiger partial charge >= 0.3 is 0 Å². The molecule has 0 aliphatic carbocycles. The summed E-state index contributed by atoms with van der Waals surface area (Å²) in [6.07, 6.45) is 0. The van der Waals surface area contributed by atoms with Gasteiger partial charge < -0.3 is 32.7 Å². The molecule has 6 amide bonds. The molecule has 0 bridgehead atoms. The molecule has 4 unspecified atom stereocenters. The van der Waals surface area contributed by atoms with Gasteiger partial charge in [0.1, 0.15) is 12.1 Å². The first kappa shape index (κ1) is 41.1. The Morgan fingerprint density at radius 2 is 1.08 bits per heavy atom. The topological polar surface area (TPSA) is 237 Å². The fourth-order valence-electron chi connectivity index (χ4n) is 2.44. The Bertz CT molecular complexity index is 859. The Balaban J connectivity index is -0.000000576. The molecular weight excluding hydrogens is 667 g/mol. The van der Waals surface area contributed by atoms with Crippen molar-refractivity contribution in [3.63, 3.8) is 0 Å². The maximum absolute atomic E-state index is 11.6. The van der Waals surface area contributed by atoms with E-state index in [1.807, 2.05) is 22.6 Å². The van der Waals surface area contributed by atoms with Crippen LogP contribution in [0.5, 0.6) is 0 Å². The number of carbonyl (C=O) groups excluding carboxylic acids is 8. The Morgan fingerprint density at radius 3 is 1.38 bits per heavy atom. The van der Waals surface area contributed by atoms with Crippen molar-refractivity contribution in [1.29, 1.82) is 0 Å². The van der Waals surface area contributed by atoms with E-state index >= 15 is 0 Å². The fraction of sp³-hybridized carbons (Fsp3) is 0.636. The Kier molecular flexibility index (Phi) is 24.7. The maximum Gasteiger partial charge on any atom is 0.227 e. The van der Waals surface area contributed by atoms with Crippen LogP contribution in [-0.2, 0) is 38.4 Å². The lowest BCUT2D eigenvalue weighted by Crippen LogP contribution is -2.50. The molecule has 0 radical (unpaired) electrons. The van der Waals surface area contributed by atoms with Crippen LogP contribution in [0.4, 0.5) is 0 Å². The van der Waals surface area contributed by atoms with E-state index in [-0.39, 0.29) is 59.9 Å². The van der Waals surface area contributed by atoms with Gasteiger partial charge in [0.05, 0.1) is 10.2 Å².